The molecule has 31 heavy (non-hydrogen) atoms. The second-order valence-corrected chi connectivity index (χ2v) is 8.11. The topological polar surface area (TPSA) is 59.4 Å². The van der Waals surface area contributed by atoms with Crippen LogP contribution in [-0.4, -0.2) is 34.4 Å². The van der Waals surface area contributed by atoms with Crippen LogP contribution in [0.5, 0.6) is 0 Å². The number of nitrogens with zero attached hydrogens (tertiary/aromatic N) is 1. The molecule has 1 saturated heterocycles. The number of hydrogen-bond acceptors (Lipinski definition) is 4. The molecule has 3 atom stereocenters. The van der Waals surface area contributed by atoms with Gasteiger partial charge in [0.15, 0.2) is 12.3 Å². The average Bonchev–Trinajstić information content (AvgIpc) is 3.60. The zero-order valence-corrected chi connectivity index (χ0v) is 16.7. The number of hydrogen-bond donors (Lipinski definition) is 1. The largest absolute Gasteiger partial charge is 0.455 e. The lowest BCUT2D eigenvalue weighted by molar-refractivity contribution is -0.164. The summed E-state index contributed by atoms with van der Waals surface area (Å²) in [5.74, 6) is -0.664. The second-order valence-electron chi connectivity index (χ2n) is 8.11. The Hall–Kier alpha value is -3.12. The van der Waals surface area contributed by atoms with E-state index >= 15 is 0 Å². The number of carbonyl (C=O) groups excluding carboxylic acids is 1. The molecule has 2 aliphatic rings. The highest BCUT2D eigenvalue weighted by molar-refractivity contribution is 5.99. The van der Waals surface area contributed by atoms with Crippen molar-refractivity contribution >= 4 is 22.9 Å². The molecule has 1 N–H and O–H groups in total. The summed E-state index contributed by atoms with van der Waals surface area (Å²) in [6, 6.07) is 14.0. The van der Waals surface area contributed by atoms with Crippen molar-refractivity contribution in [2.24, 2.45) is 0 Å². The van der Waals surface area contributed by atoms with E-state index in [1.54, 1.807) is 18.2 Å². The highest BCUT2D eigenvalue weighted by atomic mass is 19.1. The number of para-hydroxylation sites is 1. The van der Waals surface area contributed by atoms with E-state index in [-0.39, 0.29) is 12.2 Å². The Morgan fingerprint density at radius 3 is 2.58 bits per heavy atom. The summed E-state index contributed by atoms with van der Waals surface area (Å²) in [6.45, 7) is 0. The molecule has 0 spiro atoms. The van der Waals surface area contributed by atoms with Crippen LogP contribution < -0.4 is 0 Å². The SMILES string of the molecule is O=C1CC(O)C(F)C(/C=C/c2c(C3CC3)nc3ccccc3c2-c2ccc(F)cc2)O1. The number of aromatic nitrogens is 1. The van der Waals surface area contributed by atoms with Crippen molar-refractivity contribution in [1.29, 1.82) is 0 Å². The van der Waals surface area contributed by atoms with Crippen LogP contribution in [0.4, 0.5) is 8.78 Å². The number of carbonyl (C=O) groups is 1. The number of aliphatic hydroxyl groups excluding tert-OH is 1. The molecule has 0 amide bonds. The minimum absolute atomic E-state index is 0.295. The number of halogens is 2. The van der Waals surface area contributed by atoms with Crippen molar-refractivity contribution in [3.8, 4) is 11.1 Å². The summed E-state index contributed by atoms with van der Waals surface area (Å²) in [5, 5.41) is 10.7. The standard InChI is InChI=1S/C25H21F2NO3/c26-16-9-7-14(8-10-16)23-17-3-1-2-4-19(17)28-25(15-5-6-15)18(23)11-12-21-24(27)20(29)13-22(30)31-21/h1-4,7-12,15,20-21,24,29H,5-6,13H2/b12-11+. The van der Waals surface area contributed by atoms with Gasteiger partial charge in [0.2, 0.25) is 0 Å². The Balaban J connectivity index is 1.69. The van der Waals surface area contributed by atoms with Gasteiger partial charge in [-0.3, -0.25) is 9.78 Å². The molecule has 2 aromatic carbocycles. The first-order valence-electron chi connectivity index (χ1n) is 10.4. The van der Waals surface area contributed by atoms with Gasteiger partial charge in [0.25, 0.3) is 0 Å². The van der Waals surface area contributed by atoms with Crippen LogP contribution in [-0.2, 0) is 9.53 Å². The summed E-state index contributed by atoms with van der Waals surface area (Å²) in [5.41, 5.74) is 4.23. The number of ether oxygens (including phenoxy) is 1. The van der Waals surface area contributed by atoms with Crippen LogP contribution >= 0.6 is 0 Å². The molecule has 1 aromatic heterocycles. The average molecular weight is 421 g/mol. The molecule has 4 nitrogen and oxygen atoms in total. The quantitative estimate of drug-likeness (QED) is 0.606. The molecule has 2 heterocycles. The maximum atomic E-state index is 14.5. The third-order valence-corrected chi connectivity index (χ3v) is 5.83. The molecule has 2 fully saturated rings. The Morgan fingerprint density at radius 1 is 1.10 bits per heavy atom. The van der Waals surface area contributed by atoms with Gasteiger partial charge >= 0.3 is 5.97 Å². The highest BCUT2D eigenvalue weighted by Gasteiger charge is 2.37. The summed E-state index contributed by atoms with van der Waals surface area (Å²) in [7, 11) is 0. The number of cyclic esters (lactones) is 1. The van der Waals surface area contributed by atoms with Gasteiger partial charge in [-0.05, 0) is 42.7 Å². The van der Waals surface area contributed by atoms with Crippen molar-refractivity contribution in [3.05, 3.63) is 71.7 Å². The number of aliphatic hydroxyl groups is 1. The molecular weight excluding hydrogens is 400 g/mol. The molecular formula is C25H21F2NO3. The van der Waals surface area contributed by atoms with Crippen molar-refractivity contribution in [2.45, 2.75) is 43.6 Å². The van der Waals surface area contributed by atoms with E-state index in [2.05, 4.69) is 0 Å². The Labute approximate surface area is 178 Å². The van der Waals surface area contributed by atoms with Gasteiger partial charge in [-0.15, -0.1) is 0 Å². The molecule has 3 aromatic rings. The van der Waals surface area contributed by atoms with Crippen LogP contribution in [0.3, 0.4) is 0 Å². The maximum absolute atomic E-state index is 14.5. The smallest absolute Gasteiger partial charge is 0.309 e. The number of fused-ring (bicyclic) bond motifs is 1. The fraction of sp³-hybridized carbons (Fsp3) is 0.280. The third kappa shape index (κ3) is 3.83. The molecule has 1 saturated carbocycles. The highest BCUT2D eigenvalue weighted by Crippen LogP contribution is 2.45. The first-order chi connectivity index (χ1) is 15.0. The van der Waals surface area contributed by atoms with Crippen molar-refractivity contribution in [1.82, 2.24) is 4.98 Å². The van der Waals surface area contributed by atoms with Crippen LogP contribution in [0.2, 0.25) is 0 Å². The van der Waals surface area contributed by atoms with Gasteiger partial charge in [0.1, 0.15) is 5.82 Å². The maximum Gasteiger partial charge on any atom is 0.309 e. The van der Waals surface area contributed by atoms with Gasteiger partial charge in [-0.1, -0.05) is 36.4 Å². The van der Waals surface area contributed by atoms with Crippen LogP contribution in [0.15, 0.2) is 54.6 Å². The predicted octanol–water partition coefficient (Wildman–Crippen LogP) is 4.95. The molecule has 6 heteroatoms. The van der Waals surface area contributed by atoms with Gasteiger partial charge in [0, 0.05) is 22.4 Å². The molecule has 3 unspecified atom stereocenters. The van der Waals surface area contributed by atoms with Crippen molar-refractivity contribution in [3.63, 3.8) is 0 Å². The predicted molar refractivity (Wildman–Crippen MR) is 114 cm³/mol. The molecule has 0 radical (unpaired) electrons. The molecule has 158 valence electrons. The second kappa shape index (κ2) is 7.85. The van der Waals surface area contributed by atoms with Gasteiger partial charge in [-0.2, -0.15) is 0 Å². The van der Waals surface area contributed by atoms with E-state index in [9.17, 15) is 18.7 Å². The minimum Gasteiger partial charge on any atom is -0.455 e. The summed E-state index contributed by atoms with van der Waals surface area (Å²) in [4.78, 5) is 16.6. The fourth-order valence-corrected chi connectivity index (χ4v) is 4.11. The fourth-order valence-electron chi connectivity index (χ4n) is 4.11. The lowest BCUT2D eigenvalue weighted by Gasteiger charge is -2.27. The van der Waals surface area contributed by atoms with Crippen LogP contribution in [0.25, 0.3) is 28.1 Å². The molecule has 1 aliphatic carbocycles. The number of esters is 1. The zero-order chi connectivity index (χ0) is 21.5. The Kier molecular flexibility index (Phi) is 5.02. The van der Waals surface area contributed by atoms with Crippen molar-refractivity contribution in [2.75, 3.05) is 0 Å². The van der Waals surface area contributed by atoms with Gasteiger partial charge in [0.05, 0.1) is 23.7 Å². The van der Waals surface area contributed by atoms with Gasteiger partial charge in [-0.25, -0.2) is 8.78 Å². The summed E-state index contributed by atoms with van der Waals surface area (Å²) < 4.78 is 33.2. The monoisotopic (exact) mass is 421 g/mol. The first kappa shape index (κ1) is 19.8. The number of pyridine rings is 1. The Bertz CT molecular complexity index is 1170. The Morgan fingerprint density at radius 2 is 1.84 bits per heavy atom. The summed E-state index contributed by atoms with van der Waals surface area (Å²) in [6.07, 6.45) is 0.638. The van der Waals surface area contributed by atoms with Crippen LogP contribution in [0.1, 0.15) is 36.4 Å². The lowest BCUT2D eigenvalue weighted by atomic mass is 9.92. The normalized spacial score (nSPS) is 24.0. The number of rotatable bonds is 4. The number of benzene rings is 2. The van der Waals surface area contributed by atoms with Gasteiger partial charge < -0.3 is 9.84 Å². The van der Waals surface area contributed by atoms with E-state index in [1.165, 1.54) is 18.2 Å². The van der Waals surface area contributed by atoms with E-state index < -0.39 is 24.3 Å². The van der Waals surface area contributed by atoms with E-state index in [4.69, 9.17) is 9.72 Å². The first-order valence-corrected chi connectivity index (χ1v) is 10.4. The lowest BCUT2D eigenvalue weighted by Crippen LogP contribution is -2.42. The molecule has 0 bridgehead atoms. The third-order valence-electron chi connectivity index (χ3n) is 5.83. The molecule has 1 aliphatic heterocycles. The zero-order valence-electron chi connectivity index (χ0n) is 16.7. The minimum atomic E-state index is -1.69. The van der Waals surface area contributed by atoms with Crippen LogP contribution in [0, 0.1) is 5.82 Å². The van der Waals surface area contributed by atoms with E-state index in [1.807, 2.05) is 24.3 Å². The number of alkyl halides is 1. The van der Waals surface area contributed by atoms with E-state index in [0.29, 0.717) is 5.92 Å². The van der Waals surface area contributed by atoms with E-state index in [0.717, 1.165) is 46.1 Å². The molecule has 5 rings (SSSR count). The van der Waals surface area contributed by atoms with Crippen molar-refractivity contribution < 1.29 is 23.4 Å². The summed E-state index contributed by atoms with van der Waals surface area (Å²) >= 11 is 0.